The van der Waals surface area contributed by atoms with E-state index in [4.69, 9.17) is 14.2 Å². The fourth-order valence-electron chi connectivity index (χ4n) is 2.85. The number of hydrogen-bond donors (Lipinski definition) is 1. The first-order valence-electron chi connectivity index (χ1n) is 8.15. The van der Waals surface area contributed by atoms with Gasteiger partial charge in [-0.05, 0) is 18.7 Å². The van der Waals surface area contributed by atoms with Gasteiger partial charge in [0, 0.05) is 30.2 Å². The summed E-state index contributed by atoms with van der Waals surface area (Å²) in [6, 6.07) is 2.87. The Morgan fingerprint density at radius 2 is 1.88 bits per heavy atom. The molecule has 0 amide bonds. The largest absolute Gasteiger partial charge is 0.493 e. The smallest absolute Gasteiger partial charge is 0.203 e. The van der Waals surface area contributed by atoms with Crippen molar-refractivity contribution in [2.75, 3.05) is 27.9 Å². The monoisotopic (exact) mass is 353 g/mol. The number of carbonyl (C=O) groups is 1. The number of hydrogen-bond acceptors (Lipinski definition) is 6. The maximum absolute atomic E-state index is 12.9. The molecule has 0 bridgehead atoms. The molecule has 1 unspecified atom stereocenters. The van der Waals surface area contributed by atoms with Crippen molar-refractivity contribution >= 4 is 11.6 Å². The number of rotatable bonds is 6. The van der Waals surface area contributed by atoms with E-state index in [0.29, 0.717) is 35.2 Å². The number of nitrogens with one attached hydrogen (secondary N) is 1. The number of amidine groups is 1. The SMILES string of the molecule is C=C1C=CC(C2=NCC(C(=O)c3cc(OC)c(OC)c(OC)c3)N2)=C[CH+]1. The van der Waals surface area contributed by atoms with Gasteiger partial charge in [0.05, 0.1) is 39.0 Å². The summed E-state index contributed by atoms with van der Waals surface area (Å²) in [7, 11) is 4.57. The molecule has 1 heterocycles. The number of nitrogens with zero attached hydrogens (tertiary/aromatic N) is 1. The zero-order valence-electron chi connectivity index (χ0n) is 15.0. The lowest BCUT2D eigenvalue weighted by atomic mass is 10.0. The molecule has 0 fully saturated rings. The molecule has 0 aromatic heterocycles. The first kappa shape index (κ1) is 17.7. The fraction of sp³-hybridized carbons (Fsp3) is 0.250. The summed E-state index contributed by atoms with van der Waals surface area (Å²) in [5, 5.41) is 3.20. The zero-order valence-corrected chi connectivity index (χ0v) is 15.0. The van der Waals surface area contributed by atoms with E-state index in [-0.39, 0.29) is 5.78 Å². The molecule has 134 valence electrons. The third-order valence-electron chi connectivity index (χ3n) is 4.24. The van der Waals surface area contributed by atoms with Crippen LogP contribution < -0.4 is 19.5 Å². The van der Waals surface area contributed by atoms with Gasteiger partial charge in [-0.3, -0.25) is 9.79 Å². The number of methoxy groups -OCH3 is 3. The Hall–Kier alpha value is -3.15. The van der Waals surface area contributed by atoms with Gasteiger partial charge < -0.3 is 19.5 Å². The van der Waals surface area contributed by atoms with Crippen LogP contribution in [0.25, 0.3) is 0 Å². The molecule has 3 rings (SSSR count). The highest BCUT2D eigenvalue weighted by Gasteiger charge is 2.30. The van der Waals surface area contributed by atoms with Crippen LogP contribution in [0.3, 0.4) is 0 Å². The van der Waals surface area contributed by atoms with Crippen molar-refractivity contribution < 1.29 is 19.0 Å². The first-order chi connectivity index (χ1) is 12.6. The Morgan fingerprint density at radius 1 is 1.19 bits per heavy atom. The maximum Gasteiger partial charge on any atom is 0.203 e. The molecular formula is C20H21N2O4+. The van der Waals surface area contributed by atoms with Crippen LogP contribution in [0, 0.1) is 6.42 Å². The van der Waals surface area contributed by atoms with Crippen molar-refractivity contribution in [1.29, 1.82) is 0 Å². The number of aliphatic imine (C=N–C) groups is 1. The molecule has 6 nitrogen and oxygen atoms in total. The van der Waals surface area contributed by atoms with Crippen molar-refractivity contribution in [2.24, 2.45) is 4.99 Å². The predicted octanol–water partition coefficient (Wildman–Crippen LogP) is 2.52. The van der Waals surface area contributed by atoms with Gasteiger partial charge in [-0.1, -0.05) is 0 Å². The van der Waals surface area contributed by atoms with Gasteiger partial charge in [0.1, 0.15) is 6.04 Å². The third-order valence-corrected chi connectivity index (χ3v) is 4.24. The number of allylic oxidation sites excluding steroid dienone is 3. The summed E-state index contributed by atoms with van der Waals surface area (Å²) >= 11 is 0. The molecule has 1 aliphatic carbocycles. The second-order valence-corrected chi connectivity index (χ2v) is 5.86. The lowest BCUT2D eigenvalue weighted by molar-refractivity contribution is 0.0959. The molecule has 1 aliphatic heterocycles. The highest BCUT2D eigenvalue weighted by atomic mass is 16.5. The minimum atomic E-state index is -0.438. The number of Topliss-reactive ketones (excluding diaryl/α,β-unsaturated/α-hetero) is 1. The van der Waals surface area contributed by atoms with Crippen LogP contribution in [-0.4, -0.2) is 45.5 Å². The van der Waals surface area contributed by atoms with E-state index >= 15 is 0 Å². The zero-order chi connectivity index (χ0) is 18.7. The summed E-state index contributed by atoms with van der Waals surface area (Å²) in [4.78, 5) is 17.4. The van der Waals surface area contributed by atoms with E-state index in [1.54, 1.807) is 12.1 Å². The number of ketones is 1. The normalized spacial score (nSPS) is 18.4. The molecular weight excluding hydrogens is 332 g/mol. The minimum Gasteiger partial charge on any atom is -0.493 e. The fourth-order valence-corrected chi connectivity index (χ4v) is 2.85. The molecule has 2 aliphatic rings. The summed E-state index contributed by atoms with van der Waals surface area (Å²) in [6.45, 7) is 4.24. The van der Waals surface area contributed by atoms with E-state index in [1.807, 2.05) is 24.6 Å². The van der Waals surface area contributed by atoms with Crippen LogP contribution in [0.1, 0.15) is 10.4 Å². The molecule has 0 saturated heterocycles. The quantitative estimate of drug-likeness (QED) is 0.629. The van der Waals surface area contributed by atoms with E-state index in [2.05, 4.69) is 16.9 Å². The van der Waals surface area contributed by atoms with Crippen molar-refractivity contribution in [3.8, 4) is 17.2 Å². The van der Waals surface area contributed by atoms with Gasteiger partial charge >= 0.3 is 0 Å². The van der Waals surface area contributed by atoms with Crippen LogP contribution >= 0.6 is 0 Å². The van der Waals surface area contributed by atoms with Crippen molar-refractivity contribution in [1.82, 2.24) is 5.32 Å². The van der Waals surface area contributed by atoms with E-state index in [1.165, 1.54) is 21.3 Å². The van der Waals surface area contributed by atoms with Crippen LogP contribution in [0.15, 0.2) is 53.1 Å². The van der Waals surface area contributed by atoms with Gasteiger partial charge in [-0.2, -0.15) is 0 Å². The number of benzene rings is 1. The van der Waals surface area contributed by atoms with Gasteiger partial charge in [0.15, 0.2) is 23.1 Å². The Balaban J connectivity index is 1.79. The Bertz CT molecular complexity index is 811. The summed E-state index contributed by atoms with van der Waals surface area (Å²) < 4.78 is 15.9. The predicted molar refractivity (Wildman–Crippen MR) is 100 cm³/mol. The van der Waals surface area contributed by atoms with Crippen molar-refractivity contribution in [3.63, 3.8) is 0 Å². The average Bonchev–Trinajstić information content (AvgIpc) is 3.16. The van der Waals surface area contributed by atoms with E-state index in [0.717, 1.165) is 11.1 Å². The van der Waals surface area contributed by atoms with Gasteiger partial charge in [0.25, 0.3) is 0 Å². The average molecular weight is 353 g/mol. The summed E-state index contributed by atoms with van der Waals surface area (Å²) in [6.07, 6.45) is 7.68. The van der Waals surface area contributed by atoms with Crippen molar-refractivity contribution in [2.45, 2.75) is 6.04 Å². The third kappa shape index (κ3) is 3.31. The topological polar surface area (TPSA) is 69.2 Å². The highest BCUT2D eigenvalue weighted by molar-refractivity contribution is 6.09. The Labute approximate surface area is 152 Å². The van der Waals surface area contributed by atoms with Gasteiger partial charge in [-0.15, -0.1) is 0 Å². The standard InChI is InChI=1S/C20H21N2O4/c1-12-5-7-13(8-6-12)20-21-11-15(22-20)18(23)14-9-16(24-2)19(26-4)17(10-14)25-3/h5-10,15H,1,11H2,2-4H3,(H,21,22)/q+1. The van der Waals surface area contributed by atoms with Crippen molar-refractivity contribution in [3.05, 3.63) is 60.1 Å². The van der Waals surface area contributed by atoms with Crippen LogP contribution in [0.5, 0.6) is 17.2 Å². The van der Waals surface area contributed by atoms with E-state index < -0.39 is 6.04 Å². The summed E-state index contributed by atoms with van der Waals surface area (Å²) in [5.74, 6) is 1.96. The molecule has 6 heteroatoms. The molecule has 26 heavy (non-hydrogen) atoms. The number of carbonyl (C=O) groups excluding carboxylic acids is 1. The first-order valence-corrected chi connectivity index (χ1v) is 8.15. The Kier molecular flexibility index (Phi) is 5.02. The minimum absolute atomic E-state index is 0.0863. The highest BCUT2D eigenvalue weighted by Crippen LogP contribution is 2.38. The molecule has 1 N–H and O–H groups in total. The maximum atomic E-state index is 12.9. The van der Waals surface area contributed by atoms with Gasteiger partial charge in [0.2, 0.25) is 5.75 Å². The molecule has 1 aromatic rings. The second-order valence-electron chi connectivity index (χ2n) is 5.86. The summed E-state index contributed by atoms with van der Waals surface area (Å²) in [5.41, 5.74) is 2.33. The van der Waals surface area contributed by atoms with Gasteiger partial charge in [-0.25, -0.2) is 0 Å². The van der Waals surface area contributed by atoms with E-state index in [9.17, 15) is 4.79 Å². The van der Waals surface area contributed by atoms with Crippen LogP contribution in [0.4, 0.5) is 0 Å². The molecule has 0 saturated carbocycles. The van der Waals surface area contributed by atoms with Crippen LogP contribution in [-0.2, 0) is 0 Å². The molecule has 0 radical (unpaired) electrons. The Morgan fingerprint density at radius 3 is 2.42 bits per heavy atom. The van der Waals surface area contributed by atoms with Crippen LogP contribution in [0.2, 0.25) is 0 Å². The molecule has 1 atom stereocenters. The molecule has 1 aromatic carbocycles. The lowest BCUT2D eigenvalue weighted by Crippen LogP contribution is -2.38. The number of ether oxygens (including phenoxy) is 3. The second kappa shape index (κ2) is 7.39. The molecule has 0 spiro atoms. The lowest BCUT2D eigenvalue weighted by Gasteiger charge is -2.15.